The molecule has 5 nitrogen and oxygen atoms in total. The summed E-state index contributed by atoms with van der Waals surface area (Å²) in [5.41, 5.74) is 5.67. The maximum Gasteiger partial charge on any atom is 0.226 e. The third-order valence-corrected chi connectivity index (χ3v) is 4.96. The van der Waals surface area contributed by atoms with Crippen molar-refractivity contribution < 1.29 is 10.0 Å². The van der Waals surface area contributed by atoms with E-state index in [1.807, 2.05) is 4.90 Å². The normalized spacial score (nSPS) is 22.8. The Balaban J connectivity index is 2.04. The molecular formula is C16H29N3O2. The van der Waals surface area contributed by atoms with Crippen LogP contribution in [-0.4, -0.2) is 34.4 Å². The highest BCUT2D eigenvalue weighted by Crippen LogP contribution is 2.29. The lowest BCUT2D eigenvalue weighted by molar-refractivity contribution is -0.137. The van der Waals surface area contributed by atoms with Crippen molar-refractivity contribution in [2.45, 2.75) is 76.7 Å². The molecule has 2 fully saturated rings. The Morgan fingerprint density at radius 1 is 1.00 bits per heavy atom. The first-order chi connectivity index (χ1) is 10.2. The molecule has 0 saturated heterocycles. The molecular weight excluding hydrogens is 266 g/mol. The molecule has 3 N–H and O–H groups in total. The molecule has 0 spiro atoms. The molecule has 0 unspecified atom stereocenters. The van der Waals surface area contributed by atoms with Crippen LogP contribution in [0, 0.1) is 5.92 Å². The van der Waals surface area contributed by atoms with Gasteiger partial charge in [0.05, 0.1) is 6.54 Å². The van der Waals surface area contributed by atoms with Gasteiger partial charge in [-0.15, -0.1) is 0 Å². The van der Waals surface area contributed by atoms with Gasteiger partial charge in [-0.1, -0.05) is 50.1 Å². The van der Waals surface area contributed by atoms with E-state index in [0.29, 0.717) is 0 Å². The van der Waals surface area contributed by atoms with Gasteiger partial charge in [-0.3, -0.25) is 4.79 Å². The Kier molecular flexibility index (Phi) is 6.33. The number of carbonyl (C=O) groups excluding carboxylic acids is 1. The number of amides is 1. The fourth-order valence-electron chi connectivity index (χ4n) is 3.75. The van der Waals surface area contributed by atoms with E-state index in [4.69, 9.17) is 10.9 Å². The topological polar surface area (TPSA) is 78.9 Å². The Hall–Kier alpha value is -1.26. The maximum absolute atomic E-state index is 12.9. The van der Waals surface area contributed by atoms with Gasteiger partial charge in [-0.25, -0.2) is 0 Å². The highest BCUT2D eigenvalue weighted by molar-refractivity contribution is 5.88. The minimum atomic E-state index is 0.136. The second kappa shape index (κ2) is 8.25. The van der Waals surface area contributed by atoms with Gasteiger partial charge in [0, 0.05) is 12.0 Å². The van der Waals surface area contributed by atoms with E-state index in [9.17, 15) is 4.79 Å². The van der Waals surface area contributed by atoms with Gasteiger partial charge in [0.2, 0.25) is 5.91 Å². The molecule has 0 aromatic heterocycles. The Morgan fingerprint density at radius 2 is 1.52 bits per heavy atom. The van der Waals surface area contributed by atoms with E-state index >= 15 is 0 Å². The monoisotopic (exact) mass is 295 g/mol. The van der Waals surface area contributed by atoms with Crippen LogP contribution in [0.25, 0.3) is 0 Å². The number of rotatable bonds is 4. The van der Waals surface area contributed by atoms with Crippen LogP contribution in [0.15, 0.2) is 5.16 Å². The van der Waals surface area contributed by atoms with Crippen LogP contribution in [0.4, 0.5) is 0 Å². The van der Waals surface area contributed by atoms with Gasteiger partial charge in [0.25, 0.3) is 0 Å². The van der Waals surface area contributed by atoms with Crippen LogP contribution < -0.4 is 5.73 Å². The van der Waals surface area contributed by atoms with Crippen molar-refractivity contribution in [1.82, 2.24) is 4.90 Å². The minimum Gasteiger partial charge on any atom is -0.409 e. The second-order valence-electron chi connectivity index (χ2n) is 6.54. The number of amidine groups is 1. The van der Waals surface area contributed by atoms with Crippen LogP contribution in [0.2, 0.25) is 0 Å². The van der Waals surface area contributed by atoms with Gasteiger partial charge in [-0.05, 0) is 25.7 Å². The molecule has 0 aromatic carbocycles. The first kappa shape index (κ1) is 16.1. The van der Waals surface area contributed by atoms with Crippen molar-refractivity contribution in [2.75, 3.05) is 6.54 Å². The molecule has 1 amide bonds. The Labute approximate surface area is 127 Å². The predicted molar refractivity (Wildman–Crippen MR) is 83.2 cm³/mol. The fourth-order valence-corrected chi connectivity index (χ4v) is 3.75. The van der Waals surface area contributed by atoms with E-state index < -0.39 is 0 Å². The quantitative estimate of drug-likeness (QED) is 0.362. The van der Waals surface area contributed by atoms with Crippen molar-refractivity contribution >= 4 is 11.7 Å². The lowest BCUT2D eigenvalue weighted by Crippen LogP contribution is -2.47. The van der Waals surface area contributed by atoms with Crippen LogP contribution in [-0.2, 0) is 4.79 Å². The predicted octanol–water partition coefficient (Wildman–Crippen LogP) is 2.86. The summed E-state index contributed by atoms with van der Waals surface area (Å²) in [4.78, 5) is 14.8. The highest BCUT2D eigenvalue weighted by atomic mass is 16.4. The molecule has 21 heavy (non-hydrogen) atoms. The van der Waals surface area contributed by atoms with Crippen molar-refractivity contribution in [3.63, 3.8) is 0 Å². The summed E-state index contributed by atoms with van der Waals surface area (Å²) < 4.78 is 0. The SMILES string of the molecule is NC(CN(C(=O)C1CCCCCCC1)C1CCCC1)=NO. The zero-order valence-electron chi connectivity index (χ0n) is 13.0. The van der Waals surface area contributed by atoms with E-state index in [1.54, 1.807) is 0 Å². The van der Waals surface area contributed by atoms with Gasteiger partial charge in [0.15, 0.2) is 5.84 Å². The van der Waals surface area contributed by atoms with E-state index in [0.717, 1.165) is 38.5 Å². The standard InChI is InChI=1S/C16H29N3O2/c17-15(18-21)12-19(14-10-6-7-11-14)16(20)13-8-4-2-1-3-5-9-13/h13-14,21H,1-12H2,(H2,17,18). The average Bonchev–Trinajstić information content (AvgIpc) is 2.97. The van der Waals surface area contributed by atoms with Crippen LogP contribution >= 0.6 is 0 Å². The van der Waals surface area contributed by atoms with E-state index in [1.165, 1.54) is 32.1 Å². The number of oxime groups is 1. The van der Waals surface area contributed by atoms with Gasteiger partial charge in [-0.2, -0.15) is 0 Å². The number of hydrogen-bond donors (Lipinski definition) is 2. The van der Waals surface area contributed by atoms with E-state index in [-0.39, 0.29) is 30.2 Å². The number of hydrogen-bond acceptors (Lipinski definition) is 3. The summed E-state index contributed by atoms with van der Waals surface area (Å²) in [6.07, 6.45) is 12.5. The molecule has 0 heterocycles. The summed E-state index contributed by atoms with van der Waals surface area (Å²) in [5.74, 6) is 0.508. The minimum absolute atomic E-state index is 0.136. The average molecular weight is 295 g/mol. The second-order valence-corrected chi connectivity index (χ2v) is 6.54. The molecule has 0 aromatic rings. The zero-order valence-corrected chi connectivity index (χ0v) is 13.0. The van der Waals surface area contributed by atoms with Gasteiger partial charge in [0.1, 0.15) is 0 Å². The summed E-state index contributed by atoms with van der Waals surface area (Å²) in [7, 11) is 0. The van der Waals surface area contributed by atoms with Gasteiger partial charge >= 0.3 is 0 Å². The van der Waals surface area contributed by atoms with Gasteiger partial charge < -0.3 is 15.8 Å². The molecule has 5 heteroatoms. The Morgan fingerprint density at radius 3 is 2.10 bits per heavy atom. The third kappa shape index (κ3) is 4.61. The smallest absolute Gasteiger partial charge is 0.226 e. The molecule has 120 valence electrons. The third-order valence-electron chi connectivity index (χ3n) is 4.96. The molecule has 0 aliphatic heterocycles. The first-order valence-corrected chi connectivity index (χ1v) is 8.49. The summed E-state index contributed by atoms with van der Waals surface area (Å²) in [6.45, 7) is 0.274. The molecule has 2 rings (SSSR count). The van der Waals surface area contributed by atoms with Crippen LogP contribution in [0.1, 0.15) is 70.6 Å². The van der Waals surface area contributed by atoms with Crippen LogP contribution in [0.3, 0.4) is 0 Å². The molecule has 2 aliphatic rings. The maximum atomic E-state index is 12.9. The number of carbonyl (C=O) groups is 1. The molecule has 2 aliphatic carbocycles. The van der Waals surface area contributed by atoms with Crippen molar-refractivity contribution in [1.29, 1.82) is 0 Å². The van der Waals surface area contributed by atoms with Crippen molar-refractivity contribution in [2.24, 2.45) is 16.8 Å². The summed E-state index contributed by atoms with van der Waals surface area (Å²) in [5, 5.41) is 11.9. The van der Waals surface area contributed by atoms with Crippen molar-refractivity contribution in [3.8, 4) is 0 Å². The Bertz CT molecular complexity index is 357. The zero-order chi connectivity index (χ0) is 15.1. The largest absolute Gasteiger partial charge is 0.409 e. The molecule has 0 radical (unpaired) electrons. The molecule has 0 atom stereocenters. The first-order valence-electron chi connectivity index (χ1n) is 8.49. The summed E-state index contributed by atoms with van der Waals surface area (Å²) in [6, 6.07) is 0.281. The molecule has 0 bridgehead atoms. The summed E-state index contributed by atoms with van der Waals surface area (Å²) >= 11 is 0. The lowest BCUT2D eigenvalue weighted by Gasteiger charge is -2.32. The lowest BCUT2D eigenvalue weighted by atomic mass is 9.89. The number of nitrogens with two attached hydrogens (primary N) is 1. The number of nitrogens with zero attached hydrogens (tertiary/aromatic N) is 2. The molecule has 2 saturated carbocycles. The van der Waals surface area contributed by atoms with Crippen molar-refractivity contribution in [3.05, 3.63) is 0 Å². The highest BCUT2D eigenvalue weighted by Gasteiger charge is 2.31. The van der Waals surface area contributed by atoms with E-state index in [2.05, 4.69) is 5.16 Å². The fraction of sp³-hybridized carbons (Fsp3) is 0.875. The van der Waals surface area contributed by atoms with Crippen LogP contribution in [0.5, 0.6) is 0 Å².